The molecular formula is C27H37N5O2S2. The van der Waals surface area contributed by atoms with Crippen LogP contribution in [0.5, 0.6) is 0 Å². The van der Waals surface area contributed by atoms with Crippen molar-refractivity contribution in [3.63, 3.8) is 0 Å². The molecule has 1 amide bonds. The smallest absolute Gasteiger partial charge is 0.258 e. The zero-order chi connectivity index (χ0) is 25.3. The first-order chi connectivity index (χ1) is 17.3. The van der Waals surface area contributed by atoms with Crippen molar-refractivity contribution in [1.29, 1.82) is 0 Å². The Labute approximate surface area is 223 Å². The molecule has 1 spiro atoms. The van der Waals surface area contributed by atoms with Crippen molar-refractivity contribution >= 4 is 52.7 Å². The molecule has 2 aromatic rings. The number of aliphatic hydroxyl groups is 1. The van der Waals surface area contributed by atoms with Gasteiger partial charge in [0.15, 0.2) is 0 Å². The molecule has 3 N–H and O–H groups in total. The Morgan fingerprint density at radius 3 is 2.58 bits per heavy atom. The lowest BCUT2D eigenvalue weighted by atomic mass is 9.93. The summed E-state index contributed by atoms with van der Waals surface area (Å²) in [5, 5.41) is 12.2. The number of hydrogen-bond acceptors (Lipinski definition) is 8. The average molecular weight is 528 g/mol. The fourth-order valence-electron chi connectivity index (χ4n) is 5.05. The fourth-order valence-corrected chi connectivity index (χ4v) is 6.64. The number of aromatic nitrogens is 1. The van der Waals surface area contributed by atoms with Gasteiger partial charge in [-0.2, -0.15) is 0 Å². The van der Waals surface area contributed by atoms with Crippen molar-refractivity contribution in [1.82, 2.24) is 4.98 Å². The van der Waals surface area contributed by atoms with Gasteiger partial charge in [-0.25, -0.2) is 4.98 Å². The second-order valence-electron chi connectivity index (χ2n) is 11.1. The molecule has 0 radical (unpaired) electrons. The Morgan fingerprint density at radius 2 is 1.89 bits per heavy atom. The van der Waals surface area contributed by atoms with Gasteiger partial charge >= 0.3 is 0 Å². The molecule has 1 saturated heterocycles. The summed E-state index contributed by atoms with van der Waals surface area (Å²) < 4.78 is 5.74. The topological polar surface area (TPSA) is 80.7 Å². The highest BCUT2D eigenvalue weighted by molar-refractivity contribution is 8.02. The van der Waals surface area contributed by atoms with Gasteiger partial charge in [0.05, 0.1) is 23.5 Å². The molecule has 2 aliphatic heterocycles. The standard InChI is InChI=1S/C27H37N5O2S2/c1-26(2,3)36-32-11-6-19-18-28-24(17-22(19)32)29-25(34)21-5-4-20(30-35-15-14-33)16-23(21)31-12-9-27(7-8-27)10-13-31/h4-5,16-18,30,33H,6-15H2,1-3H3,(H,28,29,34). The molecule has 36 heavy (non-hydrogen) atoms. The Morgan fingerprint density at radius 1 is 1.11 bits per heavy atom. The van der Waals surface area contributed by atoms with Crippen molar-refractivity contribution in [2.75, 3.05) is 51.2 Å². The molecule has 1 aliphatic carbocycles. The van der Waals surface area contributed by atoms with E-state index in [9.17, 15) is 4.79 Å². The molecule has 3 aliphatic rings. The highest BCUT2D eigenvalue weighted by Crippen LogP contribution is 2.54. The monoisotopic (exact) mass is 527 g/mol. The quantitative estimate of drug-likeness (QED) is 0.303. The van der Waals surface area contributed by atoms with E-state index in [0.29, 0.717) is 22.5 Å². The maximum atomic E-state index is 13.5. The van der Waals surface area contributed by atoms with E-state index in [-0.39, 0.29) is 17.3 Å². The van der Waals surface area contributed by atoms with Crippen LogP contribution >= 0.6 is 23.9 Å². The zero-order valence-corrected chi connectivity index (χ0v) is 23.1. The van der Waals surface area contributed by atoms with Crippen LogP contribution in [0.25, 0.3) is 0 Å². The minimum absolute atomic E-state index is 0.113. The van der Waals surface area contributed by atoms with Crippen LogP contribution in [0.3, 0.4) is 0 Å². The number of carbonyl (C=O) groups is 1. The van der Waals surface area contributed by atoms with Gasteiger partial charge in [-0.1, -0.05) is 11.9 Å². The number of fused-ring (bicyclic) bond motifs is 1. The van der Waals surface area contributed by atoms with Crippen LogP contribution in [0.15, 0.2) is 30.5 Å². The fraction of sp³-hybridized carbons (Fsp3) is 0.556. The van der Waals surface area contributed by atoms with E-state index in [1.807, 2.05) is 36.3 Å². The van der Waals surface area contributed by atoms with Crippen molar-refractivity contribution in [2.24, 2.45) is 5.41 Å². The molecule has 0 bridgehead atoms. The van der Waals surface area contributed by atoms with Crippen molar-refractivity contribution < 1.29 is 9.90 Å². The third-order valence-electron chi connectivity index (χ3n) is 7.19. The summed E-state index contributed by atoms with van der Waals surface area (Å²) in [5.74, 6) is 1.06. The van der Waals surface area contributed by atoms with Crippen LogP contribution in [0, 0.1) is 5.41 Å². The van der Waals surface area contributed by atoms with Gasteiger partial charge in [0, 0.05) is 48.1 Å². The summed E-state index contributed by atoms with van der Waals surface area (Å²) in [6.45, 7) is 9.68. The number of nitrogens with zero attached hydrogens (tertiary/aromatic N) is 3. The van der Waals surface area contributed by atoms with Gasteiger partial charge in [0.2, 0.25) is 0 Å². The highest BCUT2D eigenvalue weighted by Gasteiger charge is 2.44. The lowest BCUT2D eigenvalue weighted by Gasteiger charge is -2.35. The number of pyridine rings is 1. The molecule has 5 rings (SSSR count). The van der Waals surface area contributed by atoms with E-state index in [1.54, 1.807) is 0 Å². The number of rotatable bonds is 8. The molecule has 7 nitrogen and oxygen atoms in total. The summed E-state index contributed by atoms with van der Waals surface area (Å²) in [5.41, 5.74) is 5.51. The molecular weight excluding hydrogens is 490 g/mol. The lowest BCUT2D eigenvalue weighted by molar-refractivity contribution is 0.102. The van der Waals surface area contributed by atoms with Gasteiger partial charge < -0.3 is 24.4 Å². The molecule has 2 fully saturated rings. The minimum Gasteiger partial charge on any atom is -0.395 e. The Balaban J connectivity index is 1.36. The van der Waals surface area contributed by atoms with Crippen LogP contribution in [0.4, 0.5) is 22.9 Å². The molecule has 1 aromatic heterocycles. The second-order valence-corrected chi connectivity index (χ2v) is 13.9. The van der Waals surface area contributed by atoms with Crippen LogP contribution in [0.2, 0.25) is 0 Å². The first-order valence-corrected chi connectivity index (χ1v) is 14.7. The van der Waals surface area contributed by atoms with E-state index >= 15 is 0 Å². The van der Waals surface area contributed by atoms with Gasteiger partial charge in [-0.05, 0) is 94.0 Å². The molecule has 9 heteroatoms. The number of piperidine rings is 1. The number of aliphatic hydroxyl groups excluding tert-OH is 1. The molecule has 1 aromatic carbocycles. The molecule has 3 heterocycles. The van der Waals surface area contributed by atoms with E-state index in [4.69, 9.17) is 5.11 Å². The molecule has 194 valence electrons. The van der Waals surface area contributed by atoms with Gasteiger partial charge in [-0.3, -0.25) is 4.79 Å². The van der Waals surface area contributed by atoms with Crippen LogP contribution in [0.1, 0.15) is 62.4 Å². The number of benzene rings is 1. The van der Waals surface area contributed by atoms with Crippen molar-refractivity contribution in [2.45, 2.75) is 57.6 Å². The number of amides is 1. The normalized spacial score (nSPS) is 18.3. The van der Waals surface area contributed by atoms with Crippen molar-refractivity contribution in [3.05, 3.63) is 41.6 Å². The zero-order valence-electron chi connectivity index (χ0n) is 21.5. The second kappa shape index (κ2) is 10.3. The summed E-state index contributed by atoms with van der Waals surface area (Å²) in [6, 6.07) is 7.93. The predicted octanol–water partition coefficient (Wildman–Crippen LogP) is 5.58. The maximum Gasteiger partial charge on any atom is 0.258 e. The number of nitrogens with one attached hydrogen (secondary N) is 2. The number of carbonyl (C=O) groups excluding carboxylic acids is 1. The lowest BCUT2D eigenvalue weighted by Crippen LogP contribution is -2.35. The van der Waals surface area contributed by atoms with Crippen LogP contribution in [-0.2, 0) is 6.42 Å². The Kier molecular flexibility index (Phi) is 7.34. The Bertz CT molecular complexity index is 1110. The Hall–Kier alpha value is -2.10. The highest BCUT2D eigenvalue weighted by atomic mass is 32.2. The van der Waals surface area contributed by atoms with Gasteiger partial charge in [0.25, 0.3) is 5.91 Å². The van der Waals surface area contributed by atoms with E-state index in [2.05, 4.69) is 51.1 Å². The summed E-state index contributed by atoms with van der Waals surface area (Å²) in [6.07, 6.45) is 7.96. The third kappa shape index (κ3) is 5.89. The number of anilines is 4. The largest absolute Gasteiger partial charge is 0.395 e. The maximum absolute atomic E-state index is 13.5. The van der Waals surface area contributed by atoms with Crippen LogP contribution < -0.4 is 19.2 Å². The predicted molar refractivity (Wildman–Crippen MR) is 153 cm³/mol. The number of hydrogen-bond donors (Lipinski definition) is 3. The summed E-state index contributed by atoms with van der Waals surface area (Å²) in [7, 11) is 0. The summed E-state index contributed by atoms with van der Waals surface area (Å²) >= 11 is 3.30. The van der Waals surface area contributed by atoms with Gasteiger partial charge in [-0.15, -0.1) is 0 Å². The molecule has 0 unspecified atom stereocenters. The first-order valence-electron chi connectivity index (χ1n) is 12.9. The molecule has 0 atom stereocenters. The van der Waals surface area contributed by atoms with E-state index in [0.717, 1.165) is 43.1 Å². The molecule has 1 saturated carbocycles. The summed E-state index contributed by atoms with van der Waals surface area (Å²) in [4.78, 5) is 20.5. The van der Waals surface area contributed by atoms with E-state index in [1.165, 1.54) is 43.2 Å². The van der Waals surface area contributed by atoms with E-state index < -0.39 is 0 Å². The average Bonchev–Trinajstić information content (AvgIpc) is 3.49. The third-order valence-corrected chi connectivity index (χ3v) is 9.10. The minimum atomic E-state index is -0.133. The first kappa shape index (κ1) is 25.5. The SMILES string of the molecule is CC(C)(C)SN1CCc2cnc(NC(=O)c3ccc(NSCCO)cc3N3CCC4(CC3)CC4)cc21. The van der Waals surface area contributed by atoms with Gasteiger partial charge in [0.1, 0.15) is 5.82 Å². The van der Waals surface area contributed by atoms with Crippen LogP contribution in [-0.4, -0.2) is 52.7 Å². The van der Waals surface area contributed by atoms with Crippen molar-refractivity contribution in [3.8, 4) is 0 Å².